The molecule has 5 heteroatoms. The lowest BCUT2D eigenvalue weighted by Gasteiger charge is -1.97. The summed E-state index contributed by atoms with van der Waals surface area (Å²) in [5.74, 6) is -0.0212. The Kier molecular flexibility index (Phi) is 3.31. The highest BCUT2D eigenvalue weighted by Gasteiger charge is 2.14. The van der Waals surface area contributed by atoms with Crippen LogP contribution in [0.15, 0.2) is 46.9 Å². The van der Waals surface area contributed by atoms with Gasteiger partial charge < -0.3 is 20.4 Å². The van der Waals surface area contributed by atoms with E-state index < -0.39 is 0 Å². The van der Waals surface area contributed by atoms with Crippen molar-refractivity contribution in [2.24, 2.45) is 0 Å². The minimum absolute atomic E-state index is 0.0577. The van der Waals surface area contributed by atoms with Crippen molar-refractivity contribution in [3.05, 3.63) is 53.8 Å². The van der Waals surface area contributed by atoms with Gasteiger partial charge >= 0.3 is 11.3 Å². The average Bonchev–Trinajstić information content (AvgIpc) is 2.48. The van der Waals surface area contributed by atoms with Crippen molar-refractivity contribution in [2.45, 2.75) is 0 Å². The second-order valence-corrected chi connectivity index (χ2v) is 4.80. The molecule has 0 unspecified atom stereocenters. The molecule has 4 N–H and O–H groups in total. The highest BCUT2D eigenvalue weighted by atomic mass is 16.3. The summed E-state index contributed by atoms with van der Waals surface area (Å²) in [6, 6.07) is 10.5. The highest BCUT2D eigenvalue weighted by Crippen LogP contribution is 2.31. The van der Waals surface area contributed by atoms with Crippen molar-refractivity contribution >= 4 is 23.1 Å². The first kappa shape index (κ1) is 13.8. The van der Waals surface area contributed by atoms with Crippen molar-refractivity contribution in [1.82, 2.24) is 0 Å². The molecular formula is C17H13O5+. The molecule has 0 bridgehead atoms. The Balaban J connectivity index is 1.96. The lowest BCUT2D eigenvalue weighted by Crippen LogP contribution is -1.78. The van der Waals surface area contributed by atoms with Crippen molar-refractivity contribution < 1.29 is 24.8 Å². The van der Waals surface area contributed by atoms with Crippen LogP contribution in [0.4, 0.5) is 0 Å². The third-order valence-corrected chi connectivity index (χ3v) is 3.19. The summed E-state index contributed by atoms with van der Waals surface area (Å²) in [6.07, 6.45) is 3.37. The number of benzene rings is 2. The molecule has 0 atom stereocenters. The van der Waals surface area contributed by atoms with Crippen LogP contribution in [0.1, 0.15) is 11.3 Å². The molecule has 1 aromatic heterocycles. The van der Waals surface area contributed by atoms with Crippen LogP contribution in [0.25, 0.3) is 23.1 Å². The summed E-state index contributed by atoms with van der Waals surface area (Å²) in [5.41, 5.74) is 1.04. The number of fused-ring (bicyclic) bond motifs is 1. The molecule has 3 aromatic rings. The number of phenols is 4. The molecule has 0 saturated heterocycles. The molecule has 0 aliphatic carbocycles. The molecule has 22 heavy (non-hydrogen) atoms. The van der Waals surface area contributed by atoms with Gasteiger partial charge in [0.05, 0.1) is 6.07 Å². The SMILES string of the molecule is Oc1cc(O)c2ccc(/C=C/c3ccc(O)c(O)c3)[o+]c2c1. The van der Waals surface area contributed by atoms with Gasteiger partial charge in [0.2, 0.25) is 0 Å². The fraction of sp³-hybridized carbons (Fsp3) is 0. The molecule has 0 aliphatic rings. The van der Waals surface area contributed by atoms with Crippen molar-refractivity contribution in [1.29, 1.82) is 0 Å². The van der Waals surface area contributed by atoms with Crippen molar-refractivity contribution in [2.75, 3.05) is 0 Å². The van der Waals surface area contributed by atoms with Gasteiger partial charge in [-0.05, 0) is 29.8 Å². The van der Waals surface area contributed by atoms with E-state index in [1.807, 2.05) is 0 Å². The van der Waals surface area contributed by atoms with Gasteiger partial charge in [-0.1, -0.05) is 6.07 Å². The Hall–Kier alpha value is -3.21. The molecule has 0 spiro atoms. The second kappa shape index (κ2) is 5.29. The quantitative estimate of drug-likeness (QED) is 0.427. The Labute approximate surface area is 125 Å². The van der Waals surface area contributed by atoms with Gasteiger partial charge in [-0.15, -0.1) is 0 Å². The number of hydrogen-bond acceptors (Lipinski definition) is 4. The summed E-state index contributed by atoms with van der Waals surface area (Å²) < 4.78 is 5.58. The van der Waals surface area contributed by atoms with Crippen molar-refractivity contribution in [3.8, 4) is 23.0 Å². The molecule has 0 aliphatic heterocycles. The molecular weight excluding hydrogens is 284 g/mol. The van der Waals surface area contributed by atoms with Gasteiger partial charge in [0, 0.05) is 18.2 Å². The van der Waals surface area contributed by atoms with Crippen LogP contribution < -0.4 is 0 Å². The number of hydrogen-bond donors (Lipinski definition) is 4. The maximum Gasteiger partial charge on any atom is 0.368 e. The van der Waals surface area contributed by atoms with Gasteiger partial charge in [0.15, 0.2) is 11.5 Å². The van der Waals surface area contributed by atoms with E-state index in [0.717, 1.165) is 0 Å². The maximum atomic E-state index is 9.72. The van der Waals surface area contributed by atoms with Gasteiger partial charge in [0.1, 0.15) is 16.9 Å². The van der Waals surface area contributed by atoms with E-state index in [4.69, 9.17) is 4.42 Å². The van der Waals surface area contributed by atoms with Crippen molar-refractivity contribution in [3.63, 3.8) is 0 Å². The third kappa shape index (κ3) is 2.64. The lowest BCUT2D eigenvalue weighted by molar-refractivity contribution is 0.403. The molecule has 1 heterocycles. The zero-order valence-corrected chi connectivity index (χ0v) is 11.4. The molecule has 0 saturated carbocycles. The number of rotatable bonds is 2. The topological polar surface area (TPSA) is 92.2 Å². The van der Waals surface area contributed by atoms with Crippen LogP contribution in [0.5, 0.6) is 23.0 Å². The number of phenolic OH excluding ortho intramolecular Hbond substituents is 4. The van der Waals surface area contributed by atoms with Gasteiger partial charge in [-0.3, -0.25) is 0 Å². The zero-order chi connectivity index (χ0) is 15.7. The van der Waals surface area contributed by atoms with E-state index in [9.17, 15) is 20.4 Å². The summed E-state index contributed by atoms with van der Waals surface area (Å²) in [4.78, 5) is 0. The Bertz CT molecular complexity index is 884. The van der Waals surface area contributed by atoms with E-state index >= 15 is 0 Å². The molecule has 3 rings (SSSR count). The first-order valence-corrected chi connectivity index (χ1v) is 6.52. The molecule has 0 radical (unpaired) electrons. The Morgan fingerprint density at radius 2 is 1.55 bits per heavy atom. The number of aromatic hydroxyl groups is 4. The molecule has 110 valence electrons. The van der Waals surface area contributed by atoms with Crippen LogP contribution in [0.2, 0.25) is 0 Å². The lowest BCUT2D eigenvalue weighted by atomic mass is 10.1. The minimum atomic E-state index is -0.201. The molecule has 5 nitrogen and oxygen atoms in total. The average molecular weight is 297 g/mol. The van der Waals surface area contributed by atoms with Crippen LogP contribution in [0.3, 0.4) is 0 Å². The van der Waals surface area contributed by atoms with Crippen LogP contribution in [0, 0.1) is 0 Å². The fourth-order valence-corrected chi connectivity index (χ4v) is 2.09. The minimum Gasteiger partial charge on any atom is -0.507 e. The predicted octanol–water partition coefficient (Wildman–Crippen LogP) is 3.71. The monoisotopic (exact) mass is 297 g/mol. The standard InChI is InChI=1S/C17H12O5/c18-11-8-15(20)13-5-4-12(22-17(13)9-11)3-1-10-2-6-14(19)16(21)7-10/h1-9H,(H3-,18,19,20,21)/p+1/b3-1+. The van der Waals surface area contributed by atoms with Crippen LogP contribution in [-0.2, 0) is 0 Å². The van der Waals surface area contributed by atoms with Crippen LogP contribution >= 0.6 is 0 Å². The molecule has 0 fully saturated rings. The highest BCUT2D eigenvalue weighted by molar-refractivity contribution is 5.85. The van der Waals surface area contributed by atoms with Gasteiger partial charge in [0.25, 0.3) is 0 Å². The third-order valence-electron chi connectivity index (χ3n) is 3.19. The van der Waals surface area contributed by atoms with E-state index in [1.54, 1.807) is 30.4 Å². The summed E-state index contributed by atoms with van der Waals surface area (Å²) >= 11 is 0. The Morgan fingerprint density at radius 1 is 0.727 bits per heavy atom. The zero-order valence-electron chi connectivity index (χ0n) is 11.4. The van der Waals surface area contributed by atoms with Crippen LogP contribution in [-0.4, -0.2) is 20.4 Å². The maximum absolute atomic E-state index is 9.72. The van der Waals surface area contributed by atoms with E-state index in [1.165, 1.54) is 24.3 Å². The first-order valence-electron chi connectivity index (χ1n) is 6.52. The second-order valence-electron chi connectivity index (χ2n) is 4.80. The Morgan fingerprint density at radius 3 is 2.32 bits per heavy atom. The van der Waals surface area contributed by atoms with E-state index in [0.29, 0.717) is 22.3 Å². The summed E-state index contributed by atoms with van der Waals surface area (Å²) in [5, 5.41) is 38.4. The molecule has 2 aromatic carbocycles. The normalized spacial score (nSPS) is 11.3. The van der Waals surface area contributed by atoms with Gasteiger partial charge in [-0.2, -0.15) is 0 Å². The van der Waals surface area contributed by atoms with Gasteiger partial charge in [-0.25, -0.2) is 4.42 Å². The van der Waals surface area contributed by atoms with E-state index in [-0.39, 0.29) is 23.0 Å². The molecule has 0 amide bonds. The summed E-state index contributed by atoms with van der Waals surface area (Å²) in [6.45, 7) is 0. The summed E-state index contributed by atoms with van der Waals surface area (Å²) in [7, 11) is 0. The predicted molar refractivity (Wildman–Crippen MR) is 82.7 cm³/mol. The fourth-order valence-electron chi connectivity index (χ4n) is 2.09. The van der Waals surface area contributed by atoms with E-state index in [2.05, 4.69) is 0 Å². The largest absolute Gasteiger partial charge is 0.507 e. The first-order chi connectivity index (χ1) is 10.5. The smallest absolute Gasteiger partial charge is 0.368 e.